The molecule has 0 aliphatic heterocycles. The van der Waals surface area contributed by atoms with Gasteiger partial charge in [-0.3, -0.25) is 4.79 Å². The molecule has 0 amide bonds. The predicted octanol–water partition coefficient (Wildman–Crippen LogP) is 1.67. The molecule has 0 aliphatic rings. The molecule has 60 valence electrons. The Bertz CT molecular complexity index is 273. The molecular weight excluding hydrogens is 144 g/mol. The summed E-state index contributed by atoms with van der Waals surface area (Å²) in [7, 11) is 0. The van der Waals surface area contributed by atoms with Gasteiger partial charge in [0.2, 0.25) is 0 Å². The van der Waals surface area contributed by atoms with E-state index in [2.05, 4.69) is 0 Å². The smallest absolute Gasteiger partial charge is 0.168 e. The van der Waals surface area contributed by atoms with Gasteiger partial charge in [-0.15, -0.1) is 0 Å². The Morgan fingerprint density at radius 2 is 2.27 bits per heavy atom. The zero-order valence-electron chi connectivity index (χ0n) is 6.55. The Labute approximate surface area is 64.6 Å². The van der Waals surface area contributed by atoms with Gasteiger partial charge in [0.1, 0.15) is 11.5 Å². The zero-order valence-corrected chi connectivity index (χ0v) is 6.55. The number of furan rings is 1. The van der Waals surface area contributed by atoms with Crippen molar-refractivity contribution in [3.05, 3.63) is 17.1 Å². The molecule has 1 rings (SSSR count). The first-order valence-electron chi connectivity index (χ1n) is 3.47. The Morgan fingerprint density at radius 1 is 1.64 bits per heavy atom. The number of rotatable bonds is 2. The highest BCUT2D eigenvalue weighted by molar-refractivity contribution is 5.81. The van der Waals surface area contributed by atoms with E-state index in [0.717, 1.165) is 0 Å². The molecule has 3 heteroatoms. The molecule has 0 spiro atoms. The van der Waals surface area contributed by atoms with Gasteiger partial charge in [-0.2, -0.15) is 0 Å². The number of aldehydes is 1. The molecule has 0 bridgehead atoms. The molecule has 1 heterocycles. The highest BCUT2D eigenvalue weighted by atomic mass is 16.4. The summed E-state index contributed by atoms with van der Waals surface area (Å²) in [6.45, 7) is 3.51. The van der Waals surface area contributed by atoms with Crippen LogP contribution in [0.5, 0.6) is 5.75 Å². The highest BCUT2D eigenvalue weighted by Crippen LogP contribution is 2.27. The van der Waals surface area contributed by atoms with Crippen LogP contribution in [0.25, 0.3) is 0 Å². The van der Waals surface area contributed by atoms with E-state index in [9.17, 15) is 9.90 Å². The second-order valence-electron chi connectivity index (χ2n) is 2.32. The van der Waals surface area contributed by atoms with Gasteiger partial charge in [-0.1, -0.05) is 6.92 Å². The van der Waals surface area contributed by atoms with Gasteiger partial charge in [-0.05, 0) is 6.92 Å². The van der Waals surface area contributed by atoms with Crippen LogP contribution in [0, 0.1) is 6.92 Å². The van der Waals surface area contributed by atoms with E-state index in [4.69, 9.17) is 4.42 Å². The Balaban J connectivity index is 3.24. The van der Waals surface area contributed by atoms with E-state index in [1.165, 1.54) is 0 Å². The van der Waals surface area contributed by atoms with Crippen molar-refractivity contribution >= 4 is 6.29 Å². The molecule has 0 aromatic carbocycles. The number of aromatic hydroxyl groups is 1. The van der Waals surface area contributed by atoms with Crippen LogP contribution in [0.3, 0.4) is 0 Å². The summed E-state index contributed by atoms with van der Waals surface area (Å²) in [5.74, 6) is 0.943. The molecule has 0 saturated heterocycles. The summed E-state index contributed by atoms with van der Waals surface area (Å²) in [5, 5.41) is 9.28. The molecule has 0 saturated carbocycles. The van der Waals surface area contributed by atoms with Gasteiger partial charge in [0.15, 0.2) is 12.0 Å². The van der Waals surface area contributed by atoms with Crippen LogP contribution >= 0.6 is 0 Å². The van der Waals surface area contributed by atoms with E-state index in [1.807, 2.05) is 6.92 Å². The van der Waals surface area contributed by atoms with Gasteiger partial charge in [0.05, 0.1) is 5.56 Å². The lowest BCUT2D eigenvalue weighted by atomic mass is 10.2. The molecule has 1 aromatic rings. The van der Waals surface area contributed by atoms with Crippen LogP contribution in [0.4, 0.5) is 0 Å². The molecule has 11 heavy (non-hydrogen) atoms. The molecule has 0 atom stereocenters. The zero-order chi connectivity index (χ0) is 8.43. The predicted molar refractivity (Wildman–Crippen MR) is 39.9 cm³/mol. The number of hydrogen-bond donors (Lipinski definition) is 1. The number of hydrogen-bond acceptors (Lipinski definition) is 3. The van der Waals surface area contributed by atoms with Crippen LogP contribution in [0.2, 0.25) is 0 Å². The molecule has 3 nitrogen and oxygen atoms in total. The van der Waals surface area contributed by atoms with Crippen molar-refractivity contribution in [1.82, 2.24) is 0 Å². The van der Waals surface area contributed by atoms with Crippen LogP contribution in [0.1, 0.15) is 28.8 Å². The molecule has 1 N–H and O–H groups in total. The van der Waals surface area contributed by atoms with Crippen molar-refractivity contribution < 1.29 is 14.3 Å². The van der Waals surface area contributed by atoms with Crippen LogP contribution in [-0.4, -0.2) is 11.4 Å². The summed E-state index contributed by atoms with van der Waals surface area (Å²) in [4.78, 5) is 10.4. The van der Waals surface area contributed by atoms with Crippen molar-refractivity contribution in [3.63, 3.8) is 0 Å². The topological polar surface area (TPSA) is 50.4 Å². The first-order valence-corrected chi connectivity index (χ1v) is 3.47. The summed E-state index contributed by atoms with van der Waals surface area (Å²) < 4.78 is 5.10. The number of aryl methyl sites for hydroxylation is 2. The minimum atomic E-state index is -0.0139. The Morgan fingerprint density at radius 3 is 2.55 bits per heavy atom. The molecule has 0 unspecified atom stereocenters. The molecule has 0 radical (unpaired) electrons. The van der Waals surface area contributed by atoms with Crippen LogP contribution in [0.15, 0.2) is 4.42 Å². The maximum absolute atomic E-state index is 10.4. The van der Waals surface area contributed by atoms with Crippen LogP contribution in [-0.2, 0) is 6.42 Å². The first kappa shape index (κ1) is 7.85. The molecule has 0 aliphatic carbocycles. The van der Waals surface area contributed by atoms with Crippen molar-refractivity contribution in [2.24, 2.45) is 0 Å². The minimum absolute atomic E-state index is 0.0139. The summed E-state index contributed by atoms with van der Waals surface area (Å²) in [6, 6.07) is 0. The number of carbonyl (C=O) groups is 1. The van der Waals surface area contributed by atoms with Gasteiger partial charge in [0.25, 0.3) is 0 Å². The van der Waals surface area contributed by atoms with Crippen LogP contribution < -0.4 is 0 Å². The average Bonchev–Trinajstić information content (AvgIpc) is 2.26. The van der Waals surface area contributed by atoms with E-state index in [0.29, 0.717) is 24.2 Å². The Kier molecular flexibility index (Phi) is 1.98. The number of carbonyl (C=O) groups excluding carboxylic acids is 1. The van der Waals surface area contributed by atoms with Crippen molar-refractivity contribution in [1.29, 1.82) is 0 Å². The van der Waals surface area contributed by atoms with E-state index >= 15 is 0 Å². The third kappa shape index (κ3) is 1.13. The van der Waals surface area contributed by atoms with Gasteiger partial charge >= 0.3 is 0 Å². The monoisotopic (exact) mass is 154 g/mol. The Hall–Kier alpha value is -1.25. The van der Waals surface area contributed by atoms with E-state index in [-0.39, 0.29) is 11.3 Å². The lowest BCUT2D eigenvalue weighted by molar-refractivity contribution is 0.112. The standard InChI is InChI=1S/C8H10O3/c1-3-7-8(10)6(4-9)5(2)11-7/h4,10H,3H2,1-2H3. The minimum Gasteiger partial charge on any atom is -0.504 e. The van der Waals surface area contributed by atoms with E-state index in [1.54, 1.807) is 6.92 Å². The van der Waals surface area contributed by atoms with Gasteiger partial charge < -0.3 is 9.52 Å². The third-order valence-electron chi connectivity index (χ3n) is 1.61. The lowest BCUT2D eigenvalue weighted by Crippen LogP contribution is -1.78. The maximum Gasteiger partial charge on any atom is 0.168 e. The third-order valence-corrected chi connectivity index (χ3v) is 1.61. The molecule has 0 fully saturated rings. The fourth-order valence-corrected chi connectivity index (χ4v) is 0.983. The SMILES string of the molecule is CCc1oc(C)c(C=O)c1O. The van der Waals surface area contributed by atoms with Crippen molar-refractivity contribution in [3.8, 4) is 5.75 Å². The summed E-state index contributed by atoms with van der Waals surface area (Å²) in [5.41, 5.74) is 0.266. The van der Waals surface area contributed by atoms with Gasteiger partial charge in [-0.25, -0.2) is 0 Å². The van der Waals surface area contributed by atoms with Crippen molar-refractivity contribution in [2.45, 2.75) is 20.3 Å². The normalized spacial score (nSPS) is 10.0. The first-order chi connectivity index (χ1) is 5.20. The van der Waals surface area contributed by atoms with Crippen molar-refractivity contribution in [2.75, 3.05) is 0 Å². The maximum atomic E-state index is 10.4. The summed E-state index contributed by atoms with van der Waals surface area (Å²) >= 11 is 0. The second-order valence-corrected chi connectivity index (χ2v) is 2.32. The second kappa shape index (κ2) is 2.78. The fourth-order valence-electron chi connectivity index (χ4n) is 0.983. The largest absolute Gasteiger partial charge is 0.504 e. The summed E-state index contributed by atoms with van der Waals surface area (Å²) in [6.07, 6.45) is 1.20. The lowest BCUT2D eigenvalue weighted by Gasteiger charge is -1.87. The van der Waals surface area contributed by atoms with E-state index < -0.39 is 0 Å². The quantitative estimate of drug-likeness (QED) is 0.659. The van der Waals surface area contributed by atoms with Gasteiger partial charge in [0, 0.05) is 6.42 Å². The fraction of sp³-hybridized carbons (Fsp3) is 0.375. The molecular formula is C8H10O3. The highest BCUT2D eigenvalue weighted by Gasteiger charge is 2.13. The average molecular weight is 154 g/mol. The molecule has 1 aromatic heterocycles.